The second-order valence-electron chi connectivity index (χ2n) is 34.3. The SMILES string of the molecule is C1CCC(N=C(NC2CCCCC2)N2CCOCC2)CC1.C1CCC(N=C(NC2CCCCC2)NC2CCCCC2)CC1.CN(C)C(=Nc1cccc2cccc(N=C(N(C)C)N(C)C)c12)N(C)C.CN1C(c2ccccc2)C(c2ccccc2)N(C)[N+]1=CC(CO)Cc1ccccc1.c1ccc(N=C(Nc2ccccc2)Nc2ccccc2)cc1. The molecular formula is C101H143N18O2+. The second kappa shape index (κ2) is 49.5. The van der Waals surface area contributed by atoms with Gasteiger partial charge in [-0.05, 0) is 146 Å². The third-order valence-corrected chi connectivity index (χ3v) is 23.8. The van der Waals surface area contributed by atoms with Crippen molar-refractivity contribution in [1.82, 2.24) is 50.5 Å². The van der Waals surface area contributed by atoms with Crippen molar-refractivity contribution >= 4 is 75.2 Å². The molecule has 5 saturated carbocycles. The van der Waals surface area contributed by atoms with Crippen LogP contribution in [0.1, 0.15) is 189 Å². The molecule has 0 bridgehead atoms. The highest BCUT2D eigenvalue weighted by molar-refractivity contribution is 6.05. The number of aliphatic hydroxyl groups is 1. The van der Waals surface area contributed by atoms with E-state index >= 15 is 0 Å². The molecular weight excluding hydrogens is 1500 g/mol. The van der Waals surface area contributed by atoms with E-state index < -0.39 is 0 Å². The first-order chi connectivity index (χ1) is 59.1. The predicted molar refractivity (Wildman–Crippen MR) is 509 cm³/mol. The summed E-state index contributed by atoms with van der Waals surface area (Å²) in [6.07, 6.45) is 36.9. The smallest absolute Gasteiger partial charge is 0.210 e. The van der Waals surface area contributed by atoms with Gasteiger partial charge in [-0.25, -0.2) is 25.0 Å². The molecule has 7 fully saturated rings. The summed E-state index contributed by atoms with van der Waals surface area (Å²) < 4.78 is 5.51. The summed E-state index contributed by atoms with van der Waals surface area (Å²) >= 11 is 0. The van der Waals surface area contributed by atoms with E-state index in [1.54, 1.807) is 0 Å². The average molecular weight is 1640 g/mol. The number of nitrogens with one attached hydrogen (secondary N) is 5. The number of morpholine rings is 1. The zero-order valence-electron chi connectivity index (χ0n) is 74.6. The molecule has 2 heterocycles. The number of fused-ring (bicyclic) bond motifs is 1. The minimum atomic E-state index is 0.0308. The largest absolute Gasteiger partial charge is 0.396 e. The molecule has 2 aliphatic heterocycles. The van der Waals surface area contributed by atoms with Crippen molar-refractivity contribution in [2.45, 2.75) is 209 Å². The van der Waals surface area contributed by atoms with Crippen molar-refractivity contribution < 1.29 is 14.6 Å². The number of hydrogen-bond acceptors (Lipinski definition) is 9. The van der Waals surface area contributed by atoms with Gasteiger partial charge in [-0.2, -0.15) is 10.0 Å². The van der Waals surface area contributed by atoms with Crippen molar-refractivity contribution in [1.29, 1.82) is 0 Å². The van der Waals surface area contributed by atoms with Gasteiger partial charge in [0.2, 0.25) is 24.1 Å². The molecule has 121 heavy (non-hydrogen) atoms. The lowest BCUT2D eigenvalue weighted by molar-refractivity contribution is -0.784. The van der Waals surface area contributed by atoms with Gasteiger partial charge in [0.25, 0.3) is 0 Å². The number of ether oxygens (including phenoxy) is 1. The fraction of sp³-hybridized carbons (Fsp3) is 0.485. The summed E-state index contributed by atoms with van der Waals surface area (Å²) in [5.74, 6) is 4.81. The molecule has 3 unspecified atom stereocenters. The number of para-hydroxylation sites is 3. The van der Waals surface area contributed by atoms with E-state index in [1.807, 2.05) is 197 Å². The summed E-state index contributed by atoms with van der Waals surface area (Å²) in [6, 6.07) is 77.3. The maximum absolute atomic E-state index is 10.1. The number of nitrogens with zero attached hydrogens (tertiary/aromatic N) is 13. The standard InChI is InChI=1S/C26H30N3O.C20H30N6.C19H35N3.C19H17N3.C17H31N3O/c1-27-25(23-14-8-4-9-15-23)26(24-16-10-5-11-17-24)28(2)29(27)19-22(20-30)18-21-12-6-3-7-13-21;1-23(2)19(24(3)4)21-16-13-9-11-15-12-10-14-17(18(15)16)22-20(25(5)6)26(7)8;2*1-4-10-16(11-5-1)20-19(21-17-12-6-2-7-13-17)22-18-14-8-3-9-15-18;1-3-7-15(8-4-1)18-17(20-11-13-21-14-12-20)19-16-9-5-2-6-10-16/h3-17,19,22,25-26,30H,18,20H2,1-2H3;9-14H,1-8H3;16-18H,1-15H2,(H2,20,21,22);1-15H,(H2,20,21,22);15-16H,1-14H2,(H,18,19)/q+1;;;;. The highest BCUT2D eigenvalue weighted by Crippen LogP contribution is 2.43. The van der Waals surface area contributed by atoms with Crippen LogP contribution >= 0.6 is 0 Å². The van der Waals surface area contributed by atoms with Crippen molar-refractivity contribution in [3.05, 3.63) is 235 Å². The Morgan fingerprint density at radius 3 is 1.20 bits per heavy atom. The van der Waals surface area contributed by atoms with E-state index in [-0.39, 0.29) is 24.6 Å². The van der Waals surface area contributed by atoms with E-state index in [1.165, 1.54) is 183 Å². The van der Waals surface area contributed by atoms with Crippen molar-refractivity contribution in [3.63, 3.8) is 0 Å². The van der Waals surface area contributed by atoms with Gasteiger partial charge in [0.05, 0.1) is 69.0 Å². The second-order valence-corrected chi connectivity index (χ2v) is 34.3. The molecule has 0 spiro atoms. The summed E-state index contributed by atoms with van der Waals surface area (Å²) in [4.78, 5) is 37.4. The number of likely N-dealkylation sites (N-methyl/N-ethyl adjacent to an activating group) is 2. The molecule has 648 valence electrons. The van der Waals surface area contributed by atoms with Crippen LogP contribution in [0.15, 0.2) is 243 Å². The van der Waals surface area contributed by atoms with E-state index in [0.717, 1.165) is 89.8 Å². The van der Waals surface area contributed by atoms with Crippen molar-refractivity contribution in [2.24, 2.45) is 30.9 Å². The van der Waals surface area contributed by atoms with Crippen LogP contribution in [0.2, 0.25) is 0 Å². The Bertz CT molecular complexity index is 4230. The normalized spacial score (nSPS) is 18.2. The Morgan fingerprint density at radius 2 is 0.793 bits per heavy atom. The lowest BCUT2D eigenvalue weighted by Crippen LogP contribution is -2.51. The summed E-state index contributed by atoms with van der Waals surface area (Å²) in [5.41, 5.74) is 8.48. The van der Waals surface area contributed by atoms with E-state index in [2.05, 4.69) is 169 Å². The molecule has 0 amide bonds. The number of aliphatic imine (C=N–C) groups is 5. The van der Waals surface area contributed by atoms with Gasteiger partial charge in [0.15, 0.2) is 11.9 Å². The minimum absolute atomic E-state index is 0.0308. The van der Waals surface area contributed by atoms with Crippen LogP contribution in [0.5, 0.6) is 0 Å². The highest BCUT2D eigenvalue weighted by atomic mass is 16.5. The Hall–Kier alpha value is -10.4. The Morgan fingerprint density at radius 1 is 0.421 bits per heavy atom. The monoisotopic (exact) mass is 1640 g/mol. The molecule has 8 aromatic carbocycles. The minimum Gasteiger partial charge on any atom is -0.396 e. The molecule has 7 aliphatic rings. The molecule has 20 nitrogen and oxygen atoms in total. The van der Waals surface area contributed by atoms with Crippen molar-refractivity contribution in [3.8, 4) is 0 Å². The van der Waals surface area contributed by atoms with E-state index in [9.17, 15) is 5.11 Å². The molecule has 20 heteroatoms. The van der Waals surface area contributed by atoms with Crippen LogP contribution in [-0.4, -0.2) is 214 Å². The first kappa shape index (κ1) is 91.3. The van der Waals surface area contributed by atoms with Crippen molar-refractivity contribution in [2.75, 3.05) is 114 Å². The summed E-state index contributed by atoms with van der Waals surface area (Å²) in [5, 5.41) is 34.8. The highest BCUT2D eigenvalue weighted by Gasteiger charge is 2.48. The maximum atomic E-state index is 10.1. The third kappa shape index (κ3) is 29.4. The van der Waals surface area contributed by atoms with Crippen LogP contribution < -0.4 is 26.6 Å². The molecule has 5 aliphatic carbocycles. The van der Waals surface area contributed by atoms with Crippen LogP contribution in [0.25, 0.3) is 10.8 Å². The molecule has 6 N–H and O–H groups in total. The first-order valence-electron chi connectivity index (χ1n) is 45.4. The fourth-order valence-corrected chi connectivity index (χ4v) is 17.6. The third-order valence-electron chi connectivity index (χ3n) is 23.8. The van der Waals surface area contributed by atoms with Crippen LogP contribution in [0.4, 0.5) is 28.4 Å². The number of hydrazine groups is 2. The number of anilines is 2. The number of guanidine groups is 5. The molecule has 15 rings (SSSR count). The van der Waals surface area contributed by atoms with Gasteiger partial charge in [0.1, 0.15) is 12.1 Å². The zero-order chi connectivity index (χ0) is 84.8. The number of benzene rings is 8. The summed E-state index contributed by atoms with van der Waals surface area (Å²) in [6.45, 7) is 3.78. The van der Waals surface area contributed by atoms with Gasteiger partial charge in [-0.15, -0.1) is 0 Å². The van der Waals surface area contributed by atoms with Crippen LogP contribution in [-0.2, 0) is 11.2 Å². The number of hydrazone groups is 2. The van der Waals surface area contributed by atoms with E-state index in [0.29, 0.717) is 36.2 Å². The quantitative estimate of drug-likeness (QED) is 0.0306. The number of rotatable bonds is 16. The van der Waals surface area contributed by atoms with Crippen LogP contribution in [0, 0.1) is 5.92 Å². The van der Waals surface area contributed by atoms with Gasteiger partial charge in [0, 0.05) is 104 Å². The zero-order valence-corrected chi connectivity index (χ0v) is 74.6. The average Bonchev–Trinajstić information content (AvgIpc) is 1.57. The molecule has 3 atom stereocenters. The number of aliphatic hydroxyl groups excluding tert-OH is 1. The topological polar surface area (TPSA) is 177 Å². The molecule has 0 radical (unpaired) electrons. The van der Waals surface area contributed by atoms with Gasteiger partial charge in [-0.3, -0.25) is 0 Å². The lowest BCUT2D eigenvalue weighted by Gasteiger charge is -2.34. The predicted octanol–water partition coefficient (Wildman–Crippen LogP) is 19.5. The maximum Gasteiger partial charge on any atom is 0.210 e. The van der Waals surface area contributed by atoms with Gasteiger partial charge >= 0.3 is 0 Å². The fourth-order valence-electron chi connectivity index (χ4n) is 17.6. The van der Waals surface area contributed by atoms with Gasteiger partial charge in [-0.1, -0.05) is 266 Å². The Labute approximate surface area is 725 Å². The molecule has 2 saturated heterocycles. The Kier molecular flexibility index (Phi) is 37.3. The van der Waals surface area contributed by atoms with Crippen LogP contribution in [0.3, 0.4) is 0 Å². The van der Waals surface area contributed by atoms with E-state index in [4.69, 9.17) is 24.7 Å². The number of hydrogen-bond donors (Lipinski definition) is 6. The van der Waals surface area contributed by atoms with Gasteiger partial charge < -0.3 is 60.9 Å². The Balaban J connectivity index is 0.000000149. The molecule has 0 aromatic heterocycles. The molecule has 8 aromatic rings. The lowest BCUT2D eigenvalue weighted by atomic mass is 9.93. The first-order valence-corrected chi connectivity index (χ1v) is 45.4. The summed E-state index contributed by atoms with van der Waals surface area (Å²) in [7, 11) is 20.3.